The summed E-state index contributed by atoms with van der Waals surface area (Å²) >= 11 is 12.4. The number of aromatic nitrogens is 3. The molecular weight excluding hydrogens is 612 g/mol. The Hall–Kier alpha value is -4.18. The van der Waals surface area contributed by atoms with Crippen molar-refractivity contribution < 1.29 is 31.5 Å². The number of carbonyl (C=O) groups excluding carboxylic acids is 2. The second-order valence-corrected chi connectivity index (χ2v) is 9.76. The van der Waals surface area contributed by atoms with Gasteiger partial charge in [0.15, 0.2) is 5.82 Å². The lowest BCUT2D eigenvalue weighted by molar-refractivity contribution is -0.249. The molecule has 11 nitrogen and oxygen atoms in total. The van der Waals surface area contributed by atoms with E-state index in [1.54, 1.807) is 20.8 Å². The van der Waals surface area contributed by atoms with E-state index in [1.165, 1.54) is 36.5 Å². The van der Waals surface area contributed by atoms with Gasteiger partial charge in [-0.15, -0.1) is 5.10 Å². The topological polar surface area (TPSA) is 152 Å². The first-order valence-electron chi connectivity index (χ1n) is 11.8. The number of aryl methyl sites for hydroxylation is 1. The molecule has 0 aliphatic carbocycles. The van der Waals surface area contributed by atoms with Gasteiger partial charge < -0.3 is 16.4 Å². The van der Waals surface area contributed by atoms with E-state index in [4.69, 9.17) is 28.9 Å². The molecule has 0 aliphatic heterocycles. The van der Waals surface area contributed by atoms with Crippen molar-refractivity contribution in [3.63, 3.8) is 0 Å². The Morgan fingerprint density at radius 2 is 1.81 bits per heavy atom. The molecule has 0 saturated carbocycles. The van der Waals surface area contributed by atoms with Crippen LogP contribution in [0, 0.1) is 6.92 Å². The summed E-state index contributed by atoms with van der Waals surface area (Å²) < 4.78 is 64.8. The summed E-state index contributed by atoms with van der Waals surface area (Å²) in [5.74, 6) is -8.78. The fourth-order valence-electron chi connectivity index (χ4n) is 3.36. The summed E-state index contributed by atoms with van der Waals surface area (Å²) in [6.45, 7) is 4.61. The summed E-state index contributed by atoms with van der Waals surface area (Å²) in [7, 11) is 0. The lowest BCUT2D eigenvalue weighted by Crippen LogP contribution is -2.48. The van der Waals surface area contributed by atoms with Gasteiger partial charge in [-0.05, 0) is 61.9 Å². The van der Waals surface area contributed by atoms with Crippen LogP contribution in [0.25, 0.3) is 5.82 Å². The molecular formula is C24H22Cl2F5N9O2. The number of pyridine rings is 1. The molecule has 2 amide bonds. The maximum atomic E-state index is 13.5. The molecule has 3 rings (SSSR count). The van der Waals surface area contributed by atoms with Crippen LogP contribution >= 0.6 is 23.2 Å². The Balaban J connectivity index is 1.99. The van der Waals surface area contributed by atoms with Gasteiger partial charge in [-0.25, -0.2) is 9.67 Å². The highest BCUT2D eigenvalue weighted by atomic mass is 35.5. The number of nitrogens with one attached hydrogen (secondary N) is 2. The summed E-state index contributed by atoms with van der Waals surface area (Å²) in [6.07, 6.45) is -4.60. The van der Waals surface area contributed by atoms with Gasteiger partial charge in [0.1, 0.15) is 12.2 Å². The van der Waals surface area contributed by atoms with Crippen molar-refractivity contribution in [2.24, 2.45) is 21.2 Å². The largest absolute Gasteiger partial charge is 0.461 e. The maximum absolute atomic E-state index is 13.5. The average Bonchev–Trinajstić information content (AvgIpc) is 3.31. The number of rotatable bonds is 9. The highest BCUT2D eigenvalue weighted by Crippen LogP contribution is 2.35. The smallest absolute Gasteiger partial charge is 0.380 e. The summed E-state index contributed by atoms with van der Waals surface area (Å²) in [4.78, 5) is 30.4. The monoisotopic (exact) mass is 633 g/mol. The van der Waals surface area contributed by atoms with Crippen molar-refractivity contribution in [3.05, 3.63) is 69.1 Å². The fraction of sp³-hybridized carbons (Fsp3) is 0.292. The van der Waals surface area contributed by atoms with Crippen molar-refractivity contribution in [2.45, 2.75) is 45.5 Å². The first-order chi connectivity index (χ1) is 19.5. The van der Waals surface area contributed by atoms with Gasteiger partial charge in [0, 0.05) is 17.3 Å². The zero-order chi connectivity index (χ0) is 31.4. The SMILES string of the molecule is Cc1cc(Cl)cc(C(=O)NC(C)C)c1NC(=O)c1cc(CN=N/N=C(\N)C(F)(F)C(F)(F)F)nn1-c1ncccc1Cl. The number of nitrogens with two attached hydrogens (primary N) is 1. The van der Waals surface area contributed by atoms with Crippen LogP contribution in [0.1, 0.15) is 46.0 Å². The number of benzene rings is 1. The van der Waals surface area contributed by atoms with Gasteiger partial charge in [-0.1, -0.05) is 23.2 Å². The Bertz CT molecular complexity index is 1560. The molecule has 0 aliphatic rings. The van der Waals surface area contributed by atoms with E-state index in [2.05, 4.69) is 36.2 Å². The predicted molar refractivity (Wildman–Crippen MR) is 144 cm³/mol. The number of carbonyl (C=O) groups is 2. The van der Waals surface area contributed by atoms with Crippen LogP contribution in [0.5, 0.6) is 0 Å². The lowest BCUT2D eigenvalue weighted by atomic mass is 10.1. The van der Waals surface area contributed by atoms with Crippen LogP contribution in [0.15, 0.2) is 52.0 Å². The van der Waals surface area contributed by atoms with Crippen LogP contribution in [-0.2, 0) is 6.54 Å². The van der Waals surface area contributed by atoms with E-state index < -0.39 is 36.3 Å². The highest BCUT2D eigenvalue weighted by molar-refractivity contribution is 6.32. The van der Waals surface area contributed by atoms with Gasteiger partial charge in [-0.2, -0.15) is 32.2 Å². The number of hydrogen-bond acceptors (Lipinski definition) is 6. The molecule has 0 saturated heterocycles. The Morgan fingerprint density at radius 3 is 2.43 bits per heavy atom. The van der Waals surface area contributed by atoms with Crippen LogP contribution in [0.2, 0.25) is 10.0 Å². The number of amidine groups is 1. The third-order valence-electron chi connectivity index (χ3n) is 5.26. The Labute approximate surface area is 245 Å². The minimum atomic E-state index is -5.98. The number of hydrogen-bond donors (Lipinski definition) is 3. The van der Waals surface area contributed by atoms with Gasteiger partial charge in [-0.3, -0.25) is 9.59 Å². The van der Waals surface area contributed by atoms with Gasteiger partial charge >= 0.3 is 12.1 Å². The van der Waals surface area contributed by atoms with Gasteiger partial charge in [0.25, 0.3) is 11.8 Å². The van der Waals surface area contributed by atoms with Crippen molar-refractivity contribution >= 4 is 46.5 Å². The third-order valence-corrected chi connectivity index (χ3v) is 5.77. The Kier molecular flexibility index (Phi) is 9.83. The highest BCUT2D eigenvalue weighted by Gasteiger charge is 2.61. The van der Waals surface area contributed by atoms with Gasteiger partial charge in [0.2, 0.25) is 5.84 Å². The van der Waals surface area contributed by atoms with Crippen LogP contribution in [0.3, 0.4) is 0 Å². The molecule has 42 heavy (non-hydrogen) atoms. The van der Waals surface area contributed by atoms with Crippen molar-refractivity contribution in [1.82, 2.24) is 20.1 Å². The van der Waals surface area contributed by atoms with Crippen LogP contribution in [0.4, 0.5) is 27.6 Å². The molecule has 0 spiro atoms. The van der Waals surface area contributed by atoms with Crippen LogP contribution < -0.4 is 16.4 Å². The Morgan fingerprint density at radius 1 is 1.12 bits per heavy atom. The zero-order valence-electron chi connectivity index (χ0n) is 22.0. The molecule has 0 fully saturated rings. The van der Waals surface area contributed by atoms with Crippen molar-refractivity contribution in [1.29, 1.82) is 0 Å². The predicted octanol–water partition coefficient (Wildman–Crippen LogP) is 5.70. The van der Waals surface area contributed by atoms with E-state index >= 15 is 0 Å². The minimum absolute atomic E-state index is 0.00687. The van der Waals surface area contributed by atoms with E-state index in [-0.39, 0.29) is 44.5 Å². The minimum Gasteiger partial charge on any atom is -0.380 e. The normalized spacial score (nSPS) is 12.7. The number of amides is 2. The quantitative estimate of drug-likeness (QED) is 0.0908. The molecule has 0 unspecified atom stereocenters. The fourth-order valence-corrected chi connectivity index (χ4v) is 3.84. The number of anilines is 1. The first-order valence-corrected chi connectivity index (χ1v) is 12.6. The molecule has 224 valence electrons. The number of halogens is 7. The number of alkyl halides is 5. The van der Waals surface area contributed by atoms with Crippen LogP contribution in [-0.4, -0.2) is 50.6 Å². The van der Waals surface area contributed by atoms with Gasteiger partial charge in [0.05, 0.1) is 22.0 Å². The van der Waals surface area contributed by atoms with Crippen molar-refractivity contribution in [3.8, 4) is 5.82 Å². The van der Waals surface area contributed by atoms with E-state index in [1.807, 2.05) is 0 Å². The van der Waals surface area contributed by atoms with E-state index in [9.17, 15) is 31.5 Å². The molecule has 3 aromatic rings. The van der Waals surface area contributed by atoms with E-state index in [0.29, 0.717) is 5.56 Å². The molecule has 2 heterocycles. The van der Waals surface area contributed by atoms with Crippen molar-refractivity contribution in [2.75, 3.05) is 5.32 Å². The summed E-state index contributed by atoms with van der Waals surface area (Å²) in [5.41, 5.74) is 5.27. The molecule has 18 heteroatoms. The second-order valence-electron chi connectivity index (χ2n) is 8.92. The first kappa shape index (κ1) is 32.3. The third kappa shape index (κ3) is 7.36. The number of nitrogens with zero attached hydrogens (tertiary/aromatic N) is 6. The maximum Gasteiger partial charge on any atom is 0.461 e. The molecule has 0 radical (unpaired) electrons. The molecule has 2 aromatic heterocycles. The standard InChI is InChI=1S/C24H22Cl2F5N9O2/c1-11(2)35-20(41)15-8-13(25)7-12(3)18(15)36-21(42)17-9-14(38-40(17)19-16(26)5-4-6-33-19)10-34-39-37-22(32)23(27,28)24(29,30)31/h4-9,11H,10H2,1-3H3,(H,35,41)(H,36,42)(H2,32,34,37). The summed E-state index contributed by atoms with van der Waals surface area (Å²) in [6, 6.07) is 6.92. The lowest BCUT2D eigenvalue weighted by Gasteiger charge is -2.17. The molecule has 1 aromatic carbocycles. The molecule has 4 N–H and O–H groups in total. The second kappa shape index (κ2) is 12.8. The average molecular weight is 634 g/mol. The zero-order valence-corrected chi connectivity index (χ0v) is 23.5. The molecule has 0 bridgehead atoms. The van der Waals surface area contributed by atoms with E-state index in [0.717, 1.165) is 4.68 Å². The summed E-state index contributed by atoms with van der Waals surface area (Å²) in [5, 5.41) is 18.9. The molecule has 0 atom stereocenters.